The molecule has 0 aromatic heterocycles. The first kappa shape index (κ1) is 20.6. The van der Waals surface area contributed by atoms with Crippen LogP contribution >= 0.6 is 0 Å². The lowest BCUT2D eigenvalue weighted by atomic mass is 9.98. The zero-order valence-electron chi connectivity index (χ0n) is 17.0. The van der Waals surface area contributed by atoms with Gasteiger partial charge in [0.05, 0.1) is 10.8 Å². The van der Waals surface area contributed by atoms with E-state index in [0.717, 1.165) is 27.9 Å². The van der Waals surface area contributed by atoms with E-state index in [9.17, 15) is 13.2 Å². The van der Waals surface area contributed by atoms with Gasteiger partial charge in [0, 0.05) is 18.8 Å². The molecule has 0 aliphatic carbocycles. The van der Waals surface area contributed by atoms with Gasteiger partial charge in [-0.2, -0.15) is 4.31 Å². The second-order valence-corrected chi connectivity index (χ2v) is 9.72. The van der Waals surface area contributed by atoms with Gasteiger partial charge in [-0.1, -0.05) is 35.4 Å². The van der Waals surface area contributed by atoms with Gasteiger partial charge >= 0.3 is 0 Å². The van der Waals surface area contributed by atoms with Crippen LogP contribution in [0.4, 0.5) is 5.69 Å². The second-order valence-electron chi connectivity index (χ2n) is 7.78. The van der Waals surface area contributed by atoms with Crippen LogP contribution in [-0.2, 0) is 14.8 Å². The van der Waals surface area contributed by atoms with Crippen LogP contribution in [0.15, 0.2) is 41.3 Å². The topological polar surface area (TPSA) is 66.5 Å². The highest BCUT2D eigenvalue weighted by Gasteiger charge is 2.33. The molecule has 0 saturated carbocycles. The molecule has 0 bridgehead atoms. The van der Waals surface area contributed by atoms with Crippen molar-refractivity contribution in [3.05, 3.63) is 58.7 Å². The SMILES string of the molecule is Cc1ccc(S(=O)(=O)N2CCC[C@H](C(=O)Nc3c(C)cc(C)cc3C)C2)cc1. The van der Waals surface area contributed by atoms with Gasteiger partial charge in [-0.15, -0.1) is 0 Å². The first-order valence-corrected chi connectivity index (χ1v) is 11.1. The molecule has 1 aliphatic heterocycles. The highest BCUT2D eigenvalue weighted by molar-refractivity contribution is 7.89. The first-order valence-electron chi connectivity index (χ1n) is 9.64. The Bertz CT molecular complexity index is 958. The highest BCUT2D eigenvalue weighted by atomic mass is 32.2. The summed E-state index contributed by atoms with van der Waals surface area (Å²) in [4.78, 5) is 13.2. The van der Waals surface area contributed by atoms with Crippen LogP contribution in [0.2, 0.25) is 0 Å². The van der Waals surface area contributed by atoms with Crippen molar-refractivity contribution in [3.8, 4) is 0 Å². The third-order valence-electron chi connectivity index (χ3n) is 5.34. The average Bonchev–Trinajstić information content (AvgIpc) is 2.65. The lowest BCUT2D eigenvalue weighted by molar-refractivity contribution is -0.120. The molecule has 1 atom stereocenters. The maximum atomic E-state index is 13.0. The zero-order valence-corrected chi connectivity index (χ0v) is 17.8. The number of hydrogen-bond acceptors (Lipinski definition) is 3. The molecule has 5 nitrogen and oxygen atoms in total. The second kappa shape index (κ2) is 8.05. The summed E-state index contributed by atoms with van der Waals surface area (Å²) in [6, 6.07) is 10.9. The third kappa shape index (κ3) is 4.28. The molecule has 2 aromatic carbocycles. The molecule has 0 spiro atoms. The molecular formula is C22H28N2O3S. The minimum absolute atomic E-state index is 0.112. The number of nitrogens with one attached hydrogen (secondary N) is 1. The Morgan fingerprint density at radius 2 is 1.61 bits per heavy atom. The number of carbonyl (C=O) groups excluding carboxylic acids is 1. The lowest BCUT2D eigenvalue weighted by Crippen LogP contribution is -2.43. The Morgan fingerprint density at radius 1 is 1.00 bits per heavy atom. The predicted molar refractivity (Wildman–Crippen MR) is 112 cm³/mol. The summed E-state index contributed by atoms with van der Waals surface area (Å²) in [5.74, 6) is -0.465. The summed E-state index contributed by atoms with van der Waals surface area (Å²) in [5.41, 5.74) is 5.03. The quantitative estimate of drug-likeness (QED) is 0.845. The molecule has 28 heavy (non-hydrogen) atoms. The van der Waals surface area contributed by atoms with Gasteiger partial charge in [-0.25, -0.2) is 8.42 Å². The minimum Gasteiger partial charge on any atom is -0.325 e. The van der Waals surface area contributed by atoms with Crippen LogP contribution in [0.3, 0.4) is 0 Å². The third-order valence-corrected chi connectivity index (χ3v) is 7.22. The molecular weight excluding hydrogens is 372 g/mol. The van der Waals surface area contributed by atoms with Crippen molar-refractivity contribution in [1.82, 2.24) is 4.31 Å². The van der Waals surface area contributed by atoms with Crippen LogP contribution < -0.4 is 5.32 Å². The number of carbonyl (C=O) groups is 1. The van der Waals surface area contributed by atoms with E-state index in [0.29, 0.717) is 19.4 Å². The van der Waals surface area contributed by atoms with Crippen molar-refractivity contribution in [2.24, 2.45) is 5.92 Å². The van der Waals surface area contributed by atoms with Gasteiger partial charge in [0.2, 0.25) is 15.9 Å². The van der Waals surface area contributed by atoms with E-state index in [1.54, 1.807) is 24.3 Å². The molecule has 1 aliphatic rings. The maximum absolute atomic E-state index is 13.0. The number of anilines is 1. The van der Waals surface area contributed by atoms with Gasteiger partial charge in [0.25, 0.3) is 0 Å². The molecule has 2 aromatic rings. The van der Waals surface area contributed by atoms with Crippen LogP contribution in [0, 0.1) is 33.6 Å². The van der Waals surface area contributed by atoms with E-state index >= 15 is 0 Å². The number of rotatable bonds is 4. The summed E-state index contributed by atoms with van der Waals surface area (Å²) in [5, 5.41) is 3.03. The van der Waals surface area contributed by atoms with Crippen molar-refractivity contribution in [2.75, 3.05) is 18.4 Å². The van der Waals surface area contributed by atoms with Crippen LogP contribution in [0.25, 0.3) is 0 Å². The Hall–Kier alpha value is -2.18. The Morgan fingerprint density at radius 3 is 2.21 bits per heavy atom. The van der Waals surface area contributed by atoms with Crippen molar-refractivity contribution >= 4 is 21.6 Å². The normalized spacial score (nSPS) is 18.1. The van der Waals surface area contributed by atoms with E-state index < -0.39 is 10.0 Å². The molecule has 1 N–H and O–H groups in total. The molecule has 0 radical (unpaired) electrons. The van der Waals surface area contributed by atoms with Crippen molar-refractivity contribution in [1.29, 1.82) is 0 Å². The number of aryl methyl sites for hydroxylation is 4. The monoisotopic (exact) mass is 400 g/mol. The van der Waals surface area contributed by atoms with Gasteiger partial charge < -0.3 is 5.32 Å². The van der Waals surface area contributed by atoms with E-state index in [1.165, 1.54) is 4.31 Å². The van der Waals surface area contributed by atoms with Crippen LogP contribution in [-0.4, -0.2) is 31.7 Å². The van der Waals surface area contributed by atoms with Crippen molar-refractivity contribution in [2.45, 2.75) is 45.4 Å². The number of benzene rings is 2. The molecule has 6 heteroatoms. The lowest BCUT2D eigenvalue weighted by Gasteiger charge is -2.31. The number of hydrogen-bond donors (Lipinski definition) is 1. The largest absolute Gasteiger partial charge is 0.325 e. The van der Waals surface area contributed by atoms with Crippen molar-refractivity contribution < 1.29 is 13.2 Å². The fraction of sp³-hybridized carbons (Fsp3) is 0.409. The molecule has 3 rings (SSSR count). The fourth-order valence-corrected chi connectivity index (χ4v) is 5.36. The van der Waals surface area contributed by atoms with Crippen LogP contribution in [0.5, 0.6) is 0 Å². The Kier molecular flexibility index (Phi) is 5.91. The molecule has 1 fully saturated rings. The minimum atomic E-state index is -3.59. The fourth-order valence-electron chi connectivity index (χ4n) is 3.84. The Balaban J connectivity index is 1.76. The zero-order chi connectivity index (χ0) is 20.5. The van der Waals surface area contributed by atoms with Crippen molar-refractivity contribution in [3.63, 3.8) is 0 Å². The molecule has 0 unspecified atom stereocenters. The smallest absolute Gasteiger partial charge is 0.243 e. The summed E-state index contributed by atoms with van der Waals surface area (Å²) in [6.45, 7) is 8.57. The number of sulfonamides is 1. The Labute approximate surface area is 167 Å². The molecule has 150 valence electrons. The standard InChI is InChI=1S/C22H28N2O3S/c1-15-7-9-20(10-8-15)28(26,27)24-11-5-6-19(14-24)22(25)23-21-17(3)12-16(2)13-18(21)4/h7-10,12-13,19H,5-6,11,14H2,1-4H3,(H,23,25)/t19-/m0/s1. The number of piperidine rings is 1. The summed E-state index contributed by atoms with van der Waals surface area (Å²) in [6.07, 6.45) is 1.37. The average molecular weight is 401 g/mol. The predicted octanol–water partition coefficient (Wildman–Crippen LogP) is 3.96. The number of nitrogens with zero attached hydrogens (tertiary/aromatic N) is 1. The summed E-state index contributed by atoms with van der Waals surface area (Å²) >= 11 is 0. The van der Waals surface area contributed by atoms with E-state index in [-0.39, 0.29) is 23.3 Å². The van der Waals surface area contributed by atoms with Gasteiger partial charge in [0.15, 0.2) is 0 Å². The van der Waals surface area contributed by atoms with E-state index in [2.05, 4.69) is 5.32 Å². The first-order chi connectivity index (χ1) is 13.2. The highest BCUT2D eigenvalue weighted by Crippen LogP contribution is 2.27. The molecule has 1 heterocycles. The van der Waals surface area contributed by atoms with E-state index in [1.807, 2.05) is 39.8 Å². The van der Waals surface area contributed by atoms with Crippen LogP contribution in [0.1, 0.15) is 35.1 Å². The van der Waals surface area contributed by atoms with Gasteiger partial charge in [-0.05, 0) is 63.8 Å². The number of amides is 1. The maximum Gasteiger partial charge on any atom is 0.243 e. The van der Waals surface area contributed by atoms with Gasteiger partial charge in [-0.3, -0.25) is 4.79 Å². The summed E-state index contributed by atoms with van der Waals surface area (Å²) < 4.78 is 27.4. The van der Waals surface area contributed by atoms with Gasteiger partial charge in [0.1, 0.15) is 0 Å². The molecule has 1 amide bonds. The summed E-state index contributed by atoms with van der Waals surface area (Å²) in [7, 11) is -3.59. The van der Waals surface area contributed by atoms with E-state index in [4.69, 9.17) is 0 Å². The molecule has 1 saturated heterocycles.